The number of nitrogens with zero attached hydrogens (tertiary/aromatic N) is 1. The molecule has 0 aromatic carbocycles. The van der Waals surface area contributed by atoms with Crippen LogP contribution in [0.15, 0.2) is 18.5 Å². The van der Waals surface area contributed by atoms with Gasteiger partial charge in [0.2, 0.25) is 0 Å². The summed E-state index contributed by atoms with van der Waals surface area (Å²) in [6, 6.07) is 1.90. The predicted octanol–water partition coefficient (Wildman–Crippen LogP) is 0.265. The Balaban J connectivity index is 2.98. The molecular weight excluding hydrogens is 128 g/mol. The quantitative estimate of drug-likeness (QED) is 0.455. The van der Waals surface area contributed by atoms with E-state index in [-0.39, 0.29) is 0 Å². The van der Waals surface area contributed by atoms with Crippen LogP contribution in [0.2, 0.25) is 0 Å². The second-order valence-corrected chi connectivity index (χ2v) is 2.23. The summed E-state index contributed by atoms with van der Waals surface area (Å²) in [5.74, 6) is 5.53. The molecule has 0 fully saturated rings. The molecule has 0 aliphatic carbocycles. The van der Waals surface area contributed by atoms with Crippen LogP contribution in [-0.2, 0) is 0 Å². The van der Waals surface area contributed by atoms with Gasteiger partial charge >= 0.3 is 0 Å². The number of nitrogens with two attached hydrogens (primary N) is 2. The third-order valence-corrected chi connectivity index (χ3v) is 1.57. The van der Waals surface area contributed by atoms with E-state index in [0.29, 0.717) is 5.69 Å². The van der Waals surface area contributed by atoms with E-state index in [9.17, 15) is 0 Å². The lowest BCUT2D eigenvalue weighted by Gasteiger charge is -1.87. The molecule has 2 heterocycles. The molecule has 4 heteroatoms. The molecule has 2 aromatic heterocycles. The van der Waals surface area contributed by atoms with E-state index in [1.807, 2.05) is 12.3 Å². The third kappa shape index (κ3) is 0.452. The minimum atomic E-state index is 0.707. The highest BCUT2D eigenvalue weighted by atomic mass is 15.3. The molecule has 10 heavy (non-hydrogen) atoms. The Kier molecular flexibility index (Phi) is 0.768. The van der Waals surface area contributed by atoms with Crippen LogP contribution < -0.4 is 11.6 Å². The summed E-state index contributed by atoms with van der Waals surface area (Å²) in [6.45, 7) is 0. The van der Waals surface area contributed by atoms with Crippen molar-refractivity contribution >= 4 is 16.7 Å². The number of H-pyrrole nitrogens is 1. The average molecular weight is 136 g/mol. The van der Waals surface area contributed by atoms with E-state index < -0.39 is 0 Å². The molecule has 0 bridgehead atoms. The molecule has 52 valence electrons. The van der Waals surface area contributed by atoms with Gasteiger partial charge in [-0.2, -0.15) is 0 Å². The van der Waals surface area contributed by atoms with Crippen LogP contribution in [0, 0.1) is 0 Å². The van der Waals surface area contributed by atoms with Crippen LogP contribution in [-0.4, -0.2) is 9.66 Å². The summed E-state index contributed by atoms with van der Waals surface area (Å²) in [5, 5.41) is 0.975. The molecule has 0 spiro atoms. The zero-order valence-corrected chi connectivity index (χ0v) is 5.33. The van der Waals surface area contributed by atoms with E-state index in [1.165, 1.54) is 4.68 Å². The van der Waals surface area contributed by atoms with Gasteiger partial charge in [-0.3, -0.25) is 4.68 Å². The number of nitrogen functional groups attached to an aromatic ring is 2. The molecule has 0 aliphatic heterocycles. The molecule has 2 aromatic rings. The molecular formula is C6H8N4. The predicted molar refractivity (Wildman–Crippen MR) is 40.9 cm³/mol. The smallest absolute Gasteiger partial charge is 0.138 e. The third-order valence-electron chi connectivity index (χ3n) is 1.57. The van der Waals surface area contributed by atoms with Crippen LogP contribution in [0.25, 0.3) is 11.0 Å². The first-order chi connectivity index (χ1) is 4.79. The van der Waals surface area contributed by atoms with E-state index in [0.717, 1.165) is 11.0 Å². The van der Waals surface area contributed by atoms with E-state index >= 15 is 0 Å². The first-order valence-corrected chi connectivity index (χ1v) is 2.98. The second kappa shape index (κ2) is 1.47. The molecule has 0 saturated heterocycles. The number of anilines is 1. The maximum absolute atomic E-state index is 5.60. The normalized spacial score (nSPS) is 10.8. The van der Waals surface area contributed by atoms with Crippen molar-refractivity contribution in [2.75, 3.05) is 11.6 Å². The topological polar surface area (TPSA) is 72.8 Å². The van der Waals surface area contributed by atoms with Crippen LogP contribution >= 0.6 is 0 Å². The van der Waals surface area contributed by atoms with Gasteiger partial charge in [0.05, 0.1) is 11.9 Å². The maximum atomic E-state index is 5.60. The van der Waals surface area contributed by atoms with Crippen LogP contribution in [0.4, 0.5) is 5.69 Å². The van der Waals surface area contributed by atoms with Gasteiger partial charge in [0.1, 0.15) is 5.65 Å². The molecule has 5 N–H and O–H groups in total. The molecule has 0 amide bonds. The Bertz CT molecular complexity index is 325. The Morgan fingerprint density at radius 2 is 2.30 bits per heavy atom. The Morgan fingerprint density at radius 1 is 1.50 bits per heavy atom. The Morgan fingerprint density at radius 3 is 3.00 bits per heavy atom. The number of hydrogen-bond donors (Lipinski definition) is 3. The summed E-state index contributed by atoms with van der Waals surface area (Å²) in [4.78, 5) is 2.97. The lowest BCUT2D eigenvalue weighted by atomic mass is 10.4. The molecule has 0 saturated carbocycles. The van der Waals surface area contributed by atoms with Gasteiger partial charge in [-0.1, -0.05) is 0 Å². The van der Waals surface area contributed by atoms with Crippen LogP contribution in [0.5, 0.6) is 0 Å². The maximum Gasteiger partial charge on any atom is 0.138 e. The number of aromatic nitrogens is 2. The minimum absolute atomic E-state index is 0.707. The van der Waals surface area contributed by atoms with Gasteiger partial charge in [0.15, 0.2) is 0 Å². The van der Waals surface area contributed by atoms with Crippen molar-refractivity contribution in [2.45, 2.75) is 0 Å². The highest BCUT2D eigenvalue weighted by Gasteiger charge is 2.02. The van der Waals surface area contributed by atoms with E-state index in [4.69, 9.17) is 11.6 Å². The van der Waals surface area contributed by atoms with Gasteiger partial charge in [-0.25, -0.2) is 0 Å². The van der Waals surface area contributed by atoms with Gasteiger partial charge in [-0.05, 0) is 6.07 Å². The summed E-state index contributed by atoms with van der Waals surface area (Å²) in [5.41, 5.74) is 7.17. The largest absolute Gasteiger partial charge is 0.397 e. The Labute approximate surface area is 57.4 Å². The van der Waals surface area contributed by atoms with Gasteiger partial charge in [-0.15, -0.1) is 0 Å². The lowest BCUT2D eigenvalue weighted by molar-refractivity contribution is 1.04. The lowest BCUT2D eigenvalue weighted by Crippen LogP contribution is -2.05. The monoisotopic (exact) mass is 136 g/mol. The number of hydrogen-bond acceptors (Lipinski definition) is 2. The van der Waals surface area contributed by atoms with Gasteiger partial charge in [0.25, 0.3) is 0 Å². The minimum Gasteiger partial charge on any atom is -0.397 e. The summed E-state index contributed by atoms with van der Waals surface area (Å²) < 4.78 is 1.48. The van der Waals surface area contributed by atoms with Crippen molar-refractivity contribution in [2.24, 2.45) is 0 Å². The summed E-state index contributed by atoms with van der Waals surface area (Å²) >= 11 is 0. The molecule has 2 rings (SSSR count). The van der Waals surface area contributed by atoms with E-state index in [1.54, 1.807) is 6.20 Å². The van der Waals surface area contributed by atoms with Crippen molar-refractivity contribution in [1.82, 2.24) is 9.66 Å². The highest BCUT2D eigenvalue weighted by Crippen LogP contribution is 2.19. The fourth-order valence-corrected chi connectivity index (χ4v) is 1.09. The zero-order chi connectivity index (χ0) is 7.14. The Hall–Kier alpha value is -1.58. The van der Waals surface area contributed by atoms with Crippen molar-refractivity contribution in [3.8, 4) is 0 Å². The molecule has 0 atom stereocenters. The molecule has 0 aliphatic rings. The van der Waals surface area contributed by atoms with Crippen molar-refractivity contribution in [3.63, 3.8) is 0 Å². The van der Waals surface area contributed by atoms with Crippen LogP contribution in [0.1, 0.15) is 0 Å². The van der Waals surface area contributed by atoms with Crippen LogP contribution in [0.3, 0.4) is 0 Å². The van der Waals surface area contributed by atoms with E-state index in [2.05, 4.69) is 4.98 Å². The highest BCUT2D eigenvalue weighted by molar-refractivity contribution is 5.89. The van der Waals surface area contributed by atoms with Gasteiger partial charge in [0, 0.05) is 11.6 Å². The molecule has 0 unspecified atom stereocenters. The molecule has 4 nitrogen and oxygen atoms in total. The second-order valence-electron chi connectivity index (χ2n) is 2.23. The van der Waals surface area contributed by atoms with Gasteiger partial charge < -0.3 is 16.6 Å². The average Bonchev–Trinajstić information content (AvgIpc) is 2.39. The molecule has 0 radical (unpaired) electrons. The van der Waals surface area contributed by atoms with Crippen molar-refractivity contribution < 1.29 is 0 Å². The standard InChI is InChI=1S/C6H8N4/c7-5-3-10(8)6-4(5)1-2-9-6/h1-3,9H,7-8H2. The number of fused-ring (bicyclic) bond motifs is 1. The van der Waals surface area contributed by atoms with Crippen molar-refractivity contribution in [1.29, 1.82) is 0 Å². The number of aromatic amines is 1. The first-order valence-electron chi connectivity index (χ1n) is 2.98. The number of nitrogens with one attached hydrogen (secondary N) is 1. The first kappa shape index (κ1) is 5.22. The number of rotatable bonds is 0. The summed E-state index contributed by atoms with van der Waals surface area (Å²) in [7, 11) is 0. The zero-order valence-electron chi connectivity index (χ0n) is 5.33. The SMILES string of the molecule is Nc1cn(N)c2[nH]ccc12. The summed E-state index contributed by atoms with van der Waals surface area (Å²) in [6.07, 6.45) is 3.49. The fraction of sp³-hybridized carbons (Fsp3) is 0. The van der Waals surface area contributed by atoms with Crippen molar-refractivity contribution in [3.05, 3.63) is 18.5 Å². The fourth-order valence-electron chi connectivity index (χ4n) is 1.09.